The summed E-state index contributed by atoms with van der Waals surface area (Å²) in [5.41, 5.74) is 1.44. The van der Waals surface area contributed by atoms with Crippen LogP contribution in [-0.2, 0) is 6.42 Å². The monoisotopic (exact) mass is 382 g/mol. The lowest BCUT2D eigenvalue weighted by atomic mass is 10.1. The first-order valence-electron chi connectivity index (χ1n) is 7.82. The zero-order valence-corrected chi connectivity index (χ0v) is 15.2. The maximum absolute atomic E-state index is 12.4. The van der Waals surface area contributed by atoms with Crippen LogP contribution >= 0.6 is 11.8 Å². The van der Waals surface area contributed by atoms with Crippen molar-refractivity contribution < 1.29 is 23.0 Å². The zero-order valence-electron chi connectivity index (χ0n) is 14.4. The molecule has 0 bridgehead atoms. The van der Waals surface area contributed by atoms with Crippen LogP contribution in [0.25, 0.3) is 0 Å². The van der Waals surface area contributed by atoms with Gasteiger partial charge in [0.2, 0.25) is 0 Å². The van der Waals surface area contributed by atoms with Gasteiger partial charge in [0.25, 0.3) is 5.76 Å². The molecular weight excluding hydrogens is 362 g/mol. The highest BCUT2D eigenvalue weighted by Gasteiger charge is 2.08. The average molecular weight is 382 g/mol. The molecule has 0 atom stereocenters. The molecule has 2 aromatic rings. The summed E-state index contributed by atoms with van der Waals surface area (Å²) in [7, 11) is 3.13. The summed E-state index contributed by atoms with van der Waals surface area (Å²) in [6, 6.07) is 11.5. The van der Waals surface area contributed by atoms with Gasteiger partial charge in [0, 0.05) is 17.1 Å². The van der Waals surface area contributed by atoms with E-state index in [9.17, 15) is 13.6 Å². The molecule has 2 rings (SSSR count). The maximum atomic E-state index is 12.4. The van der Waals surface area contributed by atoms with Gasteiger partial charge in [-0.3, -0.25) is 0 Å². The normalized spacial score (nSPS) is 10.5. The van der Waals surface area contributed by atoms with E-state index in [1.807, 2.05) is 12.1 Å². The van der Waals surface area contributed by atoms with E-state index in [1.54, 1.807) is 38.5 Å². The third kappa shape index (κ3) is 6.11. The van der Waals surface area contributed by atoms with E-state index in [0.29, 0.717) is 46.8 Å². The van der Waals surface area contributed by atoms with Crippen molar-refractivity contribution in [3.05, 3.63) is 48.0 Å². The third-order valence-corrected chi connectivity index (χ3v) is 4.17. The summed E-state index contributed by atoms with van der Waals surface area (Å²) in [5, 5.41) is 5.36. The molecule has 2 aromatic carbocycles. The lowest BCUT2D eigenvalue weighted by Crippen LogP contribution is -2.30. The van der Waals surface area contributed by atoms with Gasteiger partial charge in [-0.25, -0.2) is 4.79 Å². The Morgan fingerprint density at radius 1 is 1.12 bits per heavy atom. The van der Waals surface area contributed by atoms with Crippen molar-refractivity contribution in [3.8, 4) is 11.5 Å². The second-order valence-electron chi connectivity index (χ2n) is 5.23. The number of carbonyl (C=O) groups excluding carboxylic acids is 1. The van der Waals surface area contributed by atoms with Gasteiger partial charge in [0.05, 0.1) is 14.2 Å². The minimum Gasteiger partial charge on any atom is -0.493 e. The van der Waals surface area contributed by atoms with Gasteiger partial charge in [-0.2, -0.15) is 8.78 Å². The lowest BCUT2D eigenvalue weighted by Gasteiger charge is -2.11. The van der Waals surface area contributed by atoms with Crippen LogP contribution in [0.2, 0.25) is 0 Å². The van der Waals surface area contributed by atoms with Crippen LogP contribution in [0.4, 0.5) is 19.3 Å². The molecule has 2 N–H and O–H groups in total. The summed E-state index contributed by atoms with van der Waals surface area (Å²) in [6.07, 6.45) is 0.606. The molecule has 0 spiro atoms. The molecule has 0 saturated heterocycles. The number of nitrogens with one attached hydrogen (secondary N) is 2. The Balaban J connectivity index is 1.84. The first-order chi connectivity index (χ1) is 12.5. The van der Waals surface area contributed by atoms with Crippen molar-refractivity contribution in [2.24, 2.45) is 0 Å². The van der Waals surface area contributed by atoms with Crippen LogP contribution < -0.4 is 20.1 Å². The van der Waals surface area contributed by atoms with Gasteiger partial charge in [-0.05, 0) is 42.3 Å². The van der Waals surface area contributed by atoms with Crippen LogP contribution in [0.3, 0.4) is 0 Å². The topological polar surface area (TPSA) is 59.6 Å². The van der Waals surface area contributed by atoms with Gasteiger partial charge in [-0.1, -0.05) is 23.9 Å². The molecule has 26 heavy (non-hydrogen) atoms. The zero-order chi connectivity index (χ0) is 18.9. The fourth-order valence-corrected chi connectivity index (χ4v) is 2.84. The Morgan fingerprint density at radius 2 is 1.88 bits per heavy atom. The van der Waals surface area contributed by atoms with Crippen molar-refractivity contribution in [2.45, 2.75) is 17.1 Å². The van der Waals surface area contributed by atoms with Crippen molar-refractivity contribution in [1.82, 2.24) is 5.32 Å². The fraction of sp³-hybridized carbons (Fsp3) is 0.278. The van der Waals surface area contributed by atoms with Crippen LogP contribution in [0, 0.1) is 0 Å². The van der Waals surface area contributed by atoms with E-state index in [0.717, 1.165) is 5.56 Å². The first-order valence-corrected chi connectivity index (χ1v) is 8.70. The minimum atomic E-state index is -2.50. The summed E-state index contributed by atoms with van der Waals surface area (Å²) < 4.78 is 35.2. The Hall–Kier alpha value is -2.48. The molecule has 0 aliphatic heterocycles. The number of alkyl halides is 2. The number of hydrogen-bond donors (Lipinski definition) is 2. The maximum Gasteiger partial charge on any atom is 0.319 e. The van der Waals surface area contributed by atoms with Crippen LogP contribution in [0.15, 0.2) is 47.4 Å². The molecule has 0 fully saturated rings. The molecule has 8 heteroatoms. The SMILES string of the molecule is COc1ccc(CCNC(=O)Nc2cccc(SC(F)F)c2)cc1OC. The van der Waals surface area contributed by atoms with E-state index in [1.165, 1.54) is 6.07 Å². The van der Waals surface area contributed by atoms with Gasteiger partial charge in [0.1, 0.15) is 0 Å². The first kappa shape index (κ1) is 19.8. The van der Waals surface area contributed by atoms with E-state index >= 15 is 0 Å². The smallest absolute Gasteiger partial charge is 0.319 e. The molecule has 0 radical (unpaired) electrons. The van der Waals surface area contributed by atoms with E-state index in [-0.39, 0.29) is 0 Å². The fourth-order valence-electron chi connectivity index (χ4n) is 2.28. The van der Waals surface area contributed by atoms with Crippen LogP contribution in [0.5, 0.6) is 11.5 Å². The number of ether oxygens (including phenoxy) is 2. The molecule has 2 amide bonds. The molecule has 5 nitrogen and oxygen atoms in total. The highest BCUT2D eigenvalue weighted by Crippen LogP contribution is 2.28. The Kier molecular flexibility index (Phi) is 7.53. The average Bonchev–Trinajstić information content (AvgIpc) is 2.61. The predicted molar refractivity (Wildman–Crippen MR) is 98.6 cm³/mol. The second kappa shape index (κ2) is 9.86. The number of benzene rings is 2. The summed E-state index contributed by atoms with van der Waals surface area (Å²) in [4.78, 5) is 12.3. The van der Waals surface area contributed by atoms with Crippen molar-refractivity contribution in [3.63, 3.8) is 0 Å². The number of rotatable bonds is 8. The Bertz CT molecular complexity index is 744. The number of urea groups is 1. The number of methoxy groups -OCH3 is 2. The molecule has 0 aliphatic rings. The van der Waals surface area contributed by atoms with Crippen molar-refractivity contribution >= 4 is 23.5 Å². The molecular formula is C18H20F2N2O3S. The van der Waals surface area contributed by atoms with Crippen molar-refractivity contribution in [2.75, 3.05) is 26.1 Å². The largest absolute Gasteiger partial charge is 0.493 e. The van der Waals surface area contributed by atoms with E-state index in [4.69, 9.17) is 9.47 Å². The predicted octanol–water partition coefficient (Wildman–Crippen LogP) is 4.38. The number of hydrogen-bond acceptors (Lipinski definition) is 4. The third-order valence-electron chi connectivity index (χ3n) is 3.46. The molecule has 0 aromatic heterocycles. The number of thioether (sulfide) groups is 1. The second-order valence-corrected chi connectivity index (χ2v) is 6.29. The number of amides is 2. The van der Waals surface area contributed by atoms with E-state index in [2.05, 4.69) is 10.6 Å². The number of carbonyl (C=O) groups is 1. The molecule has 140 valence electrons. The highest BCUT2D eigenvalue weighted by atomic mass is 32.2. The van der Waals surface area contributed by atoms with E-state index < -0.39 is 11.8 Å². The standard InChI is InChI=1S/C18H20F2N2O3S/c1-24-15-7-6-12(10-16(15)25-2)8-9-21-18(23)22-13-4-3-5-14(11-13)26-17(19)20/h3-7,10-11,17H,8-9H2,1-2H3,(H2,21,22,23). The van der Waals surface area contributed by atoms with Gasteiger partial charge in [0.15, 0.2) is 11.5 Å². The number of anilines is 1. The highest BCUT2D eigenvalue weighted by molar-refractivity contribution is 7.99. The van der Waals surface area contributed by atoms with Gasteiger partial charge in [-0.15, -0.1) is 0 Å². The molecule has 0 saturated carbocycles. The Morgan fingerprint density at radius 3 is 2.58 bits per heavy atom. The summed E-state index contributed by atoms with van der Waals surface area (Å²) in [5.74, 6) is -1.23. The minimum absolute atomic E-state index is 0.392. The number of halogens is 2. The Labute approximate surface area is 155 Å². The summed E-state index contributed by atoms with van der Waals surface area (Å²) in [6.45, 7) is 0.410. The van der Waals surface area contributed by atoms with Gasteiger partial charge < -0.3 is 20.1 Å². The quantitative estimate of drug-likeness (QED) is 0.665. The molecule has 0 unspecified atom stereocenters. The van der Waals surface area contributed by atoms with Gasteiger partial charge >= 0.3 is 6.03 Å². The van der Waals surface area contributed by atoms with Crippen molar-refractivity contribution in [1.29, 1.82) is 0 Å². The molecule has 0 aliphatic carbocycles. The van der Waals surface area contributed by atoms with Crippen LogP contribution in [0.1, 0.15) is 5.56 Å². The molecule has 0 heterocycles. The van der Waals surface area contributed by atoms with Crippen LogP contribution in [-0.4, -0.2) is 32.6 Å². The summed E-state index contributed by atoms with van der Waals surface area (Å²) >= 11 is 0.434. The lowest BCUT2D eigenvalue weighted by molar-refractivity contribution is 0.251.